The molecule has 1 N–H and O–H groups in total. The molecule has 2 aliphatic rings. The van der Waals surface area contributed by atoms with Crippen LogP contribution < -0.4 is 5.32 Å². The summed E-state index contributed by atoms with van der Waals surface area (Å²) < 4.78 is 0. The first-order valence-corrected chi connectivity index (χ1v) is 8.52. The molecular formula is C17H33N3. The highest BCUT2D eigenvalue weighted by atomic mass is 15.2. The number of rotatable bonds is 6. The summed E-state index contributed by atoms with van der Waals surface area (Å²) in [6.45, 7) is 14.0. The number of nitrogens with one attached hydrogen (secondary N) is 1. The predicted molar refractivity (Wildman–Crippen MR) is 87.2 cm³/mol. The van der Waals surface area contributed by atoms with Gasteiger partial charge in [0, 0.05) is 25.2 Å². The zero-order chi connectivity index (χ0) is 14.4. The van der Waals surface area contributed by atoms with Gasteiger partial charge in [-0.15, -0.1) is 0 Å². The average molecular weight is 279 g/mol. The van der Waals surface area contributed by atoms with Crippen molar-refractivity contribution < 1.29 is 0 Å². The van der Waals surface area contributed by atoms with Gasteiger partial charge >= 0.3 is 0 Å². The molecule has 2 heterocycles. The smallest absolute Gasteiger partial charge is 0.0221 e. The SMILES string of the molecule is CCN1CCCC1CNC1CCN(CC=C(C)C)CC1. The van der Waals surface area contributed by atoms with Crippen LogP contribution in [-0.2, 0) is 0 Å². The third kappa shape index (κ3) is 4.87. The molecule has 0 aromatic rings. The van der Waals surface area contributed by atoms with Crippen molar-refractivity contribution in [2.24, 2.45) is 0 Å². The van der Waals surface area contributed by atoms with Crippen molar-refractivity contribution in [1.29, 1.82) is 0 Å². The summed E-state index contributed by atoms with van der Waals surface area (Å²) in [5.74, 6) is 0. The normalized spacial score (nSPS) is 26.1. The van der Waals surface area contributed by atoms with Crippen LogP contribution in [0.25, 0.3) is 0 Å². The van der Waals surface area contributed by atoms with E-state index >= 15 is 0 Å². The largest absolute Gasteiger partial charge is 0.312 e. The van der Waals surface area contributed by atoms with Crippen LogP contribution in [0.15, 0.2) is 11.6 Å². The average Bonchev–Trinajstić information content (AvgIpc) is 2.91. The molecule has 1 atom stereocenters. The van der Waals surface area contributed by atoms with Crippen molar-refractivity contribution in [1.82, 2.24) is 15.1 Å². The lowest BCUT2D eigenvalue weighted by Crippen LogP contribution is -2.46. The standard InChI is InChI=1S/C17H33N3/c1-4-20-10-5-6-17(20)14-18-16-8-12-19(13-9-16)11-7-15(2)3/h7,16-18H,4-6,8-14H2,1-3H3. The lowest BCUT2D eigenvalue weighted by molar-refractivity contribution is 0.199. The number of piperidine rings is 1. The second-order valence-electron chi connectivity index (χ2n) is 6.69. The van der Waals surface area contributed by atoms with Gasteiger partial charge in [0.2, 0.25) is 0 Å². The molecule has 0 aromatic carbocycles. The first kappa shape index (κ1) is 16.0. The van der Waals surface area contributed by atoms with E-state index in [2.05, 4.69) is 42.0 Å². The molecule has 2 aliphatic heterocycles. The van der Waals surface area contributed by atoms with Crippen molar-refractivity contribution >= 4 is 0 Å². The minimum atomic E-state index is 0.747. The molecule has 20 heavy (non-hydrogen) atoms. The van der Waals surface area contributed by atoms with E-state index in [1.165, 1.54) is 64.0 Å². The fourth-order valence-electron chi connectivity index (χ4n) is 3.48. The van der Waals surface area contributed by atoms with E-state index in [1.54, 1.807) is 0 Å². The van der Waals surface area contributed by atoms with Crippen LogP contribution in [0.3, 0.4) is 0 Å². The van der Waals surface area contributed by atoms with Gasteiger partial charge in [-0.25, -0.2) is 0 Å². The van der Waals surface area contributed by atoms with E-state index in [0.29, 0.717) is 0 Å². The summed E-state index contributed by atoms with van der Waals surface area (Å²) in [4.78, 5) is 5.22. The van der Waals surface area contributed by atoms with E-state index in [1.807, 2.05) is 0 Å². The monoisotopic (exact) mass is 279 g/mol. The maximum atomic E-state index is 3.83. The molecule has 0 aliphatic carbocycles. The highest BCUT2D eigenvalue weighted by Crippen LogP contribution is 2.17. The topological polar surface area (TPSA) is 18.5 Å². The number of likely N-dealkylation sites (tertiary alicyclic amines) is 2. The second-order valence-corrected chi connectivity index (χ2v) is 6.69. The molecule has 3 heteroatoms. The van der Waals surface area contributed by atoms with E-state index in [4.69, 9.17) is 0 Å². The summed E-state index contributed by atoms with van der Waals surface area (Å²) in [5, 5.41) is 3.83. The minimum absolute atomic E-state index is 0.747. The van der Waals surface area contributed by atoms with Gasteiger partial charge in [0.05, 0.1) is 0 Å². The molecule has 2 fully saturated rings. The fraction of sp³-hybridized carbons (Fsp3) is 0.882. The lowest BCUT2D eigenvalue weighted by atomic mass is 10.0. The third-order valence-corrected chi connectivity index (χ3v) is 4.89. The lowest BCUT2D eigenvalue weighted by Gasteiger charge is -2.33. The molecule has 0 radical (unpaired) electrons. The Bertz CT molecular complexity index is 301. The van der Waals surface area contributed by atoms with Crippen LogP contribution in [-0.4, -0.2) is 61.2 Å². The van der Waals surface area contributed by atoms with Gasteiger partial charge in [-0.1, -0.05) is 18.6 Å². The molecule has 2 rings (SSSR count). The number of nitrogens with zero attached hydrogens (tertiary/aromatic N) is 2. The van der Waals surface area contributed by atoms with Gasteiger partial charge in [0.25, 0.3) is 0 Å². The van der Waals surface area contributed by atoms with Crippen molar-refractivity contribution in [2.75, 3.05) is 39.3 Å². The molecule has 0 saturated carbocycles. The molecule has 0 bridgehead atoms. The fourth-order valence-corrected chi connectivity index (χ4v) is 3.48. The third-order valence-electron chi connectivity index (χ3n) is 4.89. The Morgan fingerprint density at radius 3 is 2.55 bits per heavy atom. The molecule has 1 unspecified atom stereocenters. The number of hydrogen-bond acceptors (Lipinski definition) is 3. The zero-order valence-corrected chi connectivity index (χ0v) is 13.7. The van der Waals surface area contributed by atoms with Gasteiger partial charge in [0.1, 0.15) is 0 Å². The Kier molecular flexibility index (Phi) is 6.53. The molecule has 0 aromatic heterocycles. The minimum Gasteiger partial charge on any atom is -0.312 e. The van der Waals surface area contributed by atoms with Crippen LogP contribution in [0.2, 0.25) is 0 Å². The van der Waals surface area contributed by atoms with E-state index < -0.39 is 0 Å². The molecule has 116 valence electrons. The van der Waals surface area contributed by atoms with Crippen molar-refractivity contribution in [3.05, 3.63) is 11.6 Å². The van der Waals surface area contributed by atoms with Gasteiger partial charge < -0.3 is 5.32 Å². The first-order valence-electron chi connectivity index (χ1n) is 8.52. The quantitative estimate of drug-likeness (QED) is 0.754. The van der Waals surface area contributed by atoms with Gasteiger partial charge in [0.15, 0.2) is 0 Å². The summed E-state index contributed by atoms with van der Waals surface area (Å²) in [5.41, 5.74) is 1.44. The van der Waals surface area contributed by atoms with E-state index in [0.717, 1.165) is 18.6 Å². The Morgan fingerprint density at radius 1 is 1.15 bits per heavy atom. The Balaban J connectivity index is 1.63. The van der Waals surface area contributed by atoms with Crippen LogP contribution >= 0.6 is 0 Å². The number of hydrogen-bond donors (Lipinski definition) is 1. The summed E-state index contributed by atoms with van der Waals surface area (Å²) in [6, 6.07) is 1.54. The molecule has 0 spiro atoms. The van der Waals surface area contributed by atoms with Crippen molar-refractivity contribution in [3.63, 3.8) is 0 Å². The van der Waals surface area contributed by atoms with Crippen molar-refractivity contribution in [3.8, 4) is 0 Å². The summed E-state index contributed by atoms with van der Waals surface area (Å²) >= 11 is 0. The second kappa shape index (κ2) is 8.16. The van der Waals surface area contributed by atoms with Gasteiger partial charge in [-0.3, -0.25) is 9.80 Å². The molecular weight excluding hydrogens is 246 g/mol. The van der Waals surface area contributed by atoms with Crippen LogP contribution in [0, 0.1) is 0 Å². The van der Waals surface area contributed by atoms with Crippen LogP contribution in [0.4, 0.5) is 0 Å². The maximum Gasteiger partial charge on any atom is 0.0221 e. The molecule has 2 saturated heterocycles. The zero-order valence-electron chi connectivity index (χ0n) is 13.7. The van der Waals surface area contributed by atoms with E-state index in [-0.39, 0.29) is 0 Å². The molecule has 3 nitrogen and oxygen atoms in total. The van der Waals surface area contributed by atoms with Crippen molar-refractivity contribution in [2.45, 2.75) is 58.5 Å². The predicted octanol–water partition coefficient (Wildman–Crippen LogP) is 2.49. The van der Waals surface area contributed by atoms with Gasteiger partial charge in [-0.05, 0) is 65.7 Å². The van der Waals surface area contributed by atoms with E-state index in [9.17, 15) is 0 Å². The number of likely N-dealkylation sites (N-methyl/N-ethyl adjacent to an activating group) is 1. The maximum absolute atomic E-state index is 3.83. The highest BCUT2D eigenvalue weighted by molar-refractivity contribution is 4.95. The highest BCUT2D eigenvalue weighted by Gasteiger charge is 2.24. The van der Waals surface area contributed by atoms with Gasteiger partial charge in [-0.2, -0.15) is 0 Å². The summed E-state index contributed by atoms with van der Waals surface area (Å²) in [7, 11) is 0. The Morgan fingerprint density at radius 2 is 1.90 bits per heavy atom. The number of allylic oxidation sites excluding steroid dienone is 1. The Hall–Kier alpha value is -0.380. The first-order chi connectivity index (χ1) is 9.69. The Labute approximate surface area is 125 Å². The summed E-state index contributed by atoms with van der Waals surface area (Å²) in [6.07, 6.45) is 7.76. The van der Waals surface area contributed by atoms with Crippen LogP contribution in [0.5, 0.6) is 0 Å². The van der Waals surface area contributed by atoms with Crippen LogP contribution in [0.1, 0.15) is 46.5 Å². The molecule has 0 amide bonds.